The molecule has 0 aliphatic rings. The van der Waals surface area contributed by atoms with Gasteiger partial charge in [-0.25, -0.2) is 24.0 Å². The number of aromatic nitrogens is 3. The Hall–Kier alpha value is -8.07. The van der Waals surface area contributed by atoms with Crippen LogP contribution in [0.3, 0.4) is 0 Å². The number of phenolic OH excluding ortho intramolecular Hbond substituents is 1. The van der Waals surface area contributed by atoms with Crippen LogP contribution in [0.4, 0.5) is 52.0 Å². The van der Waals surface area contributed by atoms with Crippen molar-refractivity contribution in [3.05, 3.63) is 93.0 Å². The molecule has 28 heteroatoms. The van der Waals surface area contributed by atoms with E-state index >= 15 is 0 Å². The number of nitrogens with one attached hydrogen (secondary N) is 3. The molecule has 0 bridgehead atoms. The fourth-order valence-electron chi connectivity index (χ4n) is 5.66. The minimum atomic E-state index is -4.39. The van der Waals surface area contributed by atoms with Crippen molar-refractivity contribution in [2.24, 2.45) is 20.5 Å². The number of halogens is 2. The monoisotopic (exact) mass is 998 g/mol. The Bertz CT molecular complexity index is 2910. The van der Waals surface area contributed by atoms with Crippen LogP contribution in [0.1, 0.15) is 74.0 Å². The van der Waals surface area contributed by atoms with Gasteiger partial charge in [0.15, 0.2) is 0 Å². The van der Waals surface area contributed by atoms with Crippen LogP contribution in [0.5, 0.6) is 11.5 Å². The van der Waals surface area contributed by atoms with Gasteiger partial charge >= 0.3 is 29.8 Å². The van der Waals surface area contributed by atoms with Crippen molar-refractivity contribution in [3.8, 4) is 11.5 Å². The van der Waals surface area contributed by atoms with Gasteiger partial charge in [-0.1, -0.05) is 43.0 Å². The number of carboxylic acid groups (broad SMARTS) is 5. The minimum absolute atomic E-state index is 0.0179. The smallest absolute Gasteiger partial charge is 0.335 e. The third-order valence-corrected chi connectivity index (χ3v) is 10.3. The quantitative estimate of drug-likeness (QED) is 0.0126. The molecule has 0 radical (unpaired) electrons. The first-order valence-corrected chi connectivity index (χ1v) is 21.8. The van der Waals surface area contributed by atoms with Gasteiger partial charge in [0, 0.05) is 12.1 Å². The van der Waals surface area contributed by atoms with E-state index in [1.54, 1.807) is 0 Å². The zero-order valence-corrected chi connectivity index (χ0v) is 37.1. The van der Waals surface area contributed by atoms with E-state index in [0.717, 1.165) is 42.5 Å². The highest BCUT2D eigenvalue weighted by atomic mass is 35.5. The maximum absolute atomic E-state index is 12.2. The Morgan fingerprint density at radius 3 is 1.56 bits per heavy atom. The molecular weight excluding hydrogens is 963 g/mol. The van der Waals surface area contributed by atoms with Gasteiger partial charge in [0.05, 0.1) is 67.4 Å². The summed E-state index contributed by atoms with van der Waals surface area (Å²) in [6.45, 7) is 1.53. The molecule has 356 valence electrons. The number of carbonyl (C=O) groups is 5. The first-order chi connectivity index (χ1) is 32.1. The number of carboxylic acids is 5. The number of nitrogens with zero attached hydrogens (tertiary/aromatic N) is 7. The number of anilines is 5. The van der Waals surface area contributed by atoms with Crippen molar-refractivity contribution in [2.45, 2.75) is 38.6 Å². The molecule has 5 rings (SSSR count). The average Bonchev–Trinajstić information content (AvgIpc) is 3.26. The van der Waals surface area contributed by atoms with Crippen molar-refractivity contribution in [2.75, 3.05) is 28.3 Å². The topological polar surface area (TPSA) is 395 Å². The molecule has 1 aromatic heterocycles. The summed E-state index contributed by atoms with van der Waals surface area (Å²) in [5.41, 5.74) is -2.30. The Kier molecular flexibility index (Phi) is 16.8. The lowest BCUT2D eigenvalue weighted by atomic mass is 10.1. The van der Waals surface area contributed by atoms with Gasteiger partial charge in [0.1, 0.15) is 28.9 Å². The van der Waals surface area contributed by atoms with Gasteiger partial charge in [-0.15, -0.1) is 10.2 Å². The summed E-state index contributed by atoms with van der Waals surface area (Å²) in [6, 6.07) is 9.60. The predicted molar refractivity (Wildman–Crippen MR) is 241 cm³/mol. The molecular formula is C40H36Cl2N10O15S. The number of ether oxygens (including phenoxy) is 1. The fourth-order valence-corrected chi connectivity index (χ4v) is 6.54. The third kappa shape index (κ3) is 14.5. The third-order valence-electron chi connectivity index (χ3n) is 8.86. The van der Waals surface area contributed by atoms with E-state index in [0.29, 0.717) is 12.8 Å². The molecule has 0 amide bonds. The van der Waals surface area contributed by atoms with E-state index in [1.807, 2.05) is 6.92 Å². The number of hydrogen-bond acceptors (Lipinski definition) is 19. The second kappa shape index (κ2) is 22.4. The average molecular weight is 1000 g/mol. The predicted octanol–water partition coefficient (Wildman–Crippen LogP) is 8.71. The maximum Gasteiger partial charge on any atom is 0.335 e. The van der Waals surface area contributed by atoms with Crippen LogP contribution in [0.15, 0.2) is 81.1 Å². The van der Waals surface area contributed by atoms with Gasteiger partial charge in [-0.05, 0) is 61.4 Å². The van der Waals surface area contributed by atoms with Crippen LogP contribution in [0.2, 0.25) is 10.0 Å². The molecule has 1 unspecified atom stereocenters. The largest absolute Gasteiger partial charge is 0.506 e. The van der Waals surface area contributed by atoms with Gasteiger partial charge in [0.2, 0.25) is 17.8 Å². The van der Waals surface area contributed by atoms with Crippen molar-refractivity contribution in [1.82, 2.24) is 15.0 Å². The fraction of sp³-hybridized carbons (Fsp3) is 0.200. The summed E-state index contributed by atoms with van der Waals surface area (Å²) >= 11 is 13.1. The number of aliphatic carboxylic acids is 1. The standard InChI is InChI=1S/C40H36Cl2N10O15S/c1-2-3-5-26(37(62)63)43-38-46-39(44-29-14-24(41)27(16-31(29)53)51-49-22-10-18(33(54)55)8-19(11-22)34(56)57)48-40(47-38)45-30-15-25(42)28(17-32(30)67-6-4-7-68(64,65)66)52-50-23-12-20(35(58)59)9-21(13-23)36(60)61/h8-17,26,53H,2-7H2,1H3,(H,54,55)(H,56,57)(H,58,59)(H,60,61)(H,62,63)(H,64,65,66)(H3,43,44,45,46,47,48). The Balaban J connectivity index is 1.54. The lowest BCUT2D eigenvalue weighted by Gasteiger charge is -2.17. The van der Waals surface area contributed by atoms with E-state index in [4.69, 9.17) is 27.9 Å². The molecule has 5 aromatic rings. The summed E-state index contributed by atoms with van der Waals surface area (Å²) in [5, 5.41) is 82.5. The lowest BCUT2D eigenvalue weighted by Crippen LogP contribution is -2.30. The van der Waals surface area contributed by atoms with Crippen molar-refractivity contribution in [1.29, 1.82) is 0 Å². The molecule has 68 heavy (non-hydrogen) atoms. The minimum Gasteiger partial charge on any atom is -0.506 e. The molecule has 0 saturated heterocycles. The van der Waals surface area contributed by atoms with E-state index in [2.05, 4.69) is 51.4 Å². The van der Waals surface area contributed by atoms with Gasteiger partial charge < -0.3 is 51.3 Å². The summed E-state index contributed by atoms with van der Waals surface area (Å²) in [6.07, 6.45) is 1.09. The SMILES string of the molecule is CCCCC(Nc1nc(Nc2cc(Cl)c(N=Nc3cc(C(=O)O)cc(C(=O)O)c3)cc2O)nc(Nc2cc(Cl)c(N=Nc3cc(C(=O)O)cc(C(=O)O)c3)cc2OCCCS(=O)(=O)O)n1)C(=O)O. The number of benzene rings is 4. The van der Waals surface area contributed by atoms with E-state index < -0.39 is 68.6 Å². The van der Waals surface area contributed by atoms with E-state index in [1.165, 1.54) is 18.2 Å². The normalized spacial score (nSPS) is 11.9. The molecule has 0 fully saturated rings. The molecule has 1 heterocycles. The Morgan fingerprint density at radius 2 is 1.10 bits per heavy atom. The van der Waals surface area contributed by atoms with Gasteiger partial charge in [0.25, 0.3) is 10.1 Å². The van der Waals surface area contributed by atoms with Crippen LogP contribution in [0, 0.1) is 0 Å². The van der Waals surface area contributed by atoms with Crippen LogP contribution in [0.25, 0.3) is 0 Å². The number of aromatic hydroxyl groups is 1. The molecule has 10 N–H and O–H groups in total. The molecule has 0 aliphatic heterocycles. The van der Waals surface area contributed by atoms with Crippen molar-refractivity contribution >= 4 is 115 Å². The highest BCUT2D eigenvalue weighted by molar-refractivity contribution is 7.85. The zero-order valence-electron chi connectivity index (χ0n) is 34.8. The molecule has 4 aromatic carbocycles. The maximum atomic E-state index is 12.2. The number of rotatable bonds is 23. The number of phenols is 1. The molecule has 0 spiro atoms. The summed E-state index contributed by atoms with van der Waals surface area (Å²) in [5.74, 6) is -9.20. The van der Waals surface area contributed by atoms with Crippen molar-refractivity contribution < 1.29 is 72.3 Å². The van der Waals surface area contributed by atoms with Gasteiger partial charge in [-0.3, -0.25) is 4.55 Å². The Morgan fingerprint density at radius 1 is 0.647 bits per heavy atom. The van der Waals surface area contributed by atoms with Gasteiger partial charge in [-0.2, -0.15) is 33.6 Å². The summed E-state index contributed by atoms with van der Waals surface area (Å²) in [4.78, 5) is 71.4. The Labute approximate surface area is 393 Å². The van der Waals surface area contributed by atoms with Crippen LogP contribution < -0.4 is 20.7 Å². The number of azo groups is 2. The lowest BCUT2D eigenvalue weighted by molar-refractivity contribution is -0.138. The van der Waals surface area contributed by atoms with E-state index in [9.17, 15) is 67.6 Å². The van der Waals surface area contributed by atoms with Crippen LogP contribution in [-0.2, 0) is 14.9 Å². The zero-order chi connectivity index (χ0) is 49.9. The molecule has 25 nitrogen and oxygen atoms in total. The summed E-state index contributed by atoms with van der Waals surface area (Å²) < 4.78 is 37.9. The molecule has 0 aliphatic carbocycles. The first-order valence-electron chi connectivity index (χ1n) is 19.4. The van der Waals surface area contributed by atoms with Crippen LogP contribution >= 0.6 is 23.2 Å². The highest BCUT2D eigenvalue weighted by Crippen LogP contribution is 2.40. The number of aromatic carboxylic acids is 4. The molecule has 1 atom stereocenters. The van der Waals surface area contributed by atoms with Crippen LogP contribution in [-0.4, -0.2) is 107 Å². The second-order valence-electron chi connectivity index (χ2n) is 14.0. The highest BCUT2D eigenvalue weighted by Gasteiger charge is 2.22. The van der Waals surface area contributed by atoms with Crippen molar-refractivity contribution in [3.63, 3.8) is 0 Å². The first kappa shape index (κ1) is 50.9. The summed E-state index contributed by atoms with van der Waals surface area (Å²) in [7, 11) is -4.39. The van der Waals surface area contributed by atoms with E-state index in [-0.39, 0.29) is 98.3 Å². The second-order valence-corrected chi connectivity index (χ2v) is 16.4. The number of hydrogen-bond donors (Lipinski definition) is 10. The number of unbranched alkanes of at least 4 members (excludes halogenated alkanes) is 1. The molecule has 0 saturated carbocycles.